The molecule has 0 aliphatic heterocycles. The van der Waals surface area contributed by atoms with Crippen LogP contribution < -0.4 is 10.1 Å². The van der Waals surface area contributed by atoms with Gasteiger partial charge in [-0.1, -0.05) is 51.5 Å². The van der Waals surface area contributed by atoms with Crippen molar-refractivity contribution in [2.45, 2.75) is 52.2 Å². The average Bonchev–Trinajstić information content (AvgIpc) is 3.02. The first-order valence-electron chi connectivity index (χ1n) is 9.66. The molecule has 3 aromatic rings. The van der Waals surface area contributed by atoms with Crippen LogP contribution in [0.3, 0.4) is 0 Å². The Labute approximate surface area is 155 Å². The Balaban J connectivity index is 1.93. The topological polar surface area (TPSA) is 57.3 Å². The number of nitrogens with one attached hydrogen (secondary N) is 2. The highest BCUT2D eigenvalue weighted by atomic mass is 16.5. The largest absolute Gasteiger partial charge is 0.490 e. The third-order valence-corrected chi connectivity index (χ3v) is 4.69. The first kappa shape index (κ1) is 18.7. The van der Waals surface area contributed by atoms with Crippen molar-refractivity contribution < 1.29 is 9.84 Å². The molecule has 0 aliphatic rings. The van der Waals surface area contributed by atoms with Gasteiger partial charge in [0, 0.05) is 28.9 Å². The zero-order valence-corrected chi connectivity index (χ0v) is 16.0. The number of hydrogen-bond donors (Lipinski definition) is 3. The van der Waals surface area contributed by atoms with Crippen LogP contribution in [-0.4, -0.2) is 35.4 Å². The summed E-state index contributed by atoms with van der Waals surface area (Å²) in [6.07, 6.45) is 2.73. The zero-order valence-electron chi connectivity index (χ0n) is 16.0. The molecule has 0 bridgehead atoms. The van der Waals surface area contributed by atoms with Crippen LogP contribution in [0.5, 0.6) is 5.75 Å². The van der Waals surface area contributed by atoms with E-state index in [4.69, 9.17) is 4.74 Å². The highest BCUT2D eigenvalue weighted by Crippen LogP contribution is 2.36. The number of aliphatic hydroxyl groups excluding tert-OH is 1. The highest BCUT2D eigenvalue weighted by molar-refractivity contribution is 6.10. The number of aryl methyl sites for hydroxylation is 1. The number of fused-ring (bicyclic) bond motifs is 3. The zero-order chi connectivity index (χ0) is 18.5. The molecule has 26 heavy (non-hydrogen) atoms. The molecule has 0 spiro atoms. The van der Waals surface area contributed by atoms with Crippen molar-refractivity contribution >= 4 is 21.8 Å². The minimum atomic E-state index is -0.531. The predicted octanol–water partition coefficient (Wildman–Crippen LogP) is 4.40. The maximum Gasteiger partial charge on any atom is 0.132 e. The maximum atomic E-state index is 10.3. The van der Waals surface area contributed by atoms with Gasteiger partial charge < -0.3 is 20.1 Å². The van der Waals surface area contributed by atoms with Gasteiger partial charge in [0.05, 0.1) is 5.52 Å². The lowest BCUT2D eigenvalue weighted by molar-refractivity contribution is 0.105. The molecule has 1 aromatic heterocycles. The molecule has 2 aromatic carbocycles. The lowest BCUT2D eigenvalue weighted by Gasteiger charge is -2.18. The Kier molecular flexibility index (Phi) is 6.17. The molecule has 0 amide bonds. The summed E-state index contributed by atoms with van der Waals surface area (Å²) >= 11 is 0. The van der Waals surface area contributed by atoms with Gasteiger partial charge in [0.25, 0.3) is 0 Å². The number of aliphatic hydroxyl groups is 1. The van der Waals surface area contributed by atoms with E-state index in [0.29, 0.717) is 12.6 Å². The fourth-order valence-electron chi connectivity index (χ4n) is 3.29. The van der Waals surface area contributed by atoms with E-state index in [1.54, 1.807) is 0 Å². The van der Waals surface area contributed by atoms with Gasteiger partial charge in [-0.15, -0.1) is 0 Å². The maximum absolute atomic E-state index is 10.3. The molecule has 4 heteroatoms. The van der Waals surface area contributed by atoms with Crippen LogP contribution in [-0.2, 0) is 6.42 Å². The summed E-state index contributed by atoms with van der Waals surface area (Å²) in [6, 6.07) is 13.0. The number of unbranched alkanes of at least 4 members (excludes halogenated alkanes) is 1. The Morgan fingerprint density at radius 1 is 1.12 bits per heavy atom. The minimum absolute atomic E-state index is 0.289. The first-order chi connectivity index (χ1) is 12.6. The quantitative estimate of drug-likeness (QED) is 0.534. The molecule has 0 fully saturated rings. The molecule has 0 saturated carbocycles. The van der Waals surface area contributed by atoms with Crippen molar-refractivity contribution in [3.8, 4) is 5.75 Å². The third-order valence-electron chi connectivity index (χ3n) is 4.69. The number of benzene rings is 2. The van der Waals surface area contributed by atoms with Crippen molar-refractivity contribution in [3.05, 3.63) is 42.0 Å². The summed E-state index contributed by atoms with van der Waals surface area (Å²) in [6.45, 7) is 7.17. The second kappa shape index (κ2) is 8.56. The number of para-hydroxylation sites is 1. The molecule has 1 heterocycles. The summed E-state index contributed by atoms with van der Waals surface area (Å²) in [5.41, 5.74) is 3.41. The van der Waals surface area contributed by atoms with Crippen LogP contribution in [0, 0.1) is 0 Å². The van der Waals surface area contributed by atoms with Crippen LogP contribution in [0.15, 0.2) is 36.4 Å². The van der Waals surface area contributed by atoms with E-state index < -0.39 is 6.10 Å². The van der Waals surface area contributed by atoms with Gasteiger partial charge in [0.15, 0.2) is 0 Å². The van der Waals surface area contributed by atoms with Crippen LogP contribution in [0.1, 0.15) is 39.2 Å². The number of aromatic amines is 1. The SMILES string of the molecule is CCCCc1ccc2[nH]c3ccccc3c2c1OCC(O)CNC(C)C. The van der Waals surface area contributed by atoms with Gasteiger partial charge in [0.2, 0.25) is 0 Å². The van der Waals surface area contributed by atoms with Gasteiger partial charge >= 0.3 is 0 Å². The molecule has 3 rings (SSSR count). The van der Waals surface area contributed by atoms with E-state index in [1.807, 2.05) is 6.07 Å². The number of H-pyrrole nitrogens is 1. The number of rotatable bonds is 9. The van der Waals surface area contributed by atoms with Crippen molar-refractivity contribution in [3.63, 3.8) is 0 Å². The molecule has 3 N–H and O–H groups in total. The van der Waals surface area contributed by atoms with Crippen molar-refractivity contribution in [2.24, 2.45) is 0 Å². The van der Waals surface area contributed by atoms with E-state index >= 15 is 0 Å². The monoisotopic (exact) mass is 354 g/mol. The molecule has 1 atom stereocenters. The number of hydrogen-bond acceptors (Lipinski definition) is 3. The molecule has 4 nitrogen and oxygen atoms in total. The fourth-order valence-corrected chi connectivity index (χ4v) is 3.29. The molecule has 1 unspecified atom stereocenters. The molecular weight excluding hydrogens is 324 g/mol. The molecule has 0 aliphatic carbocycles. The van der Waals surface area contributed by atoms with Crippen LogP contribution in [0.4, 0.5) is 0 Å². The fraction of sp³-hybridized carbons (Fsp3) is 0.455. The second-order valence-electron chi connectivity index (χ2n) is 7.28. The van der Waals surface area contributed by atoms with Crippen molar-refractivity contribution in [2.75, 3.05) is 13.2 Å². The van der Waals surface area contributed by atoms with Crippen LogP contribution >= 0.6 is 0 Å². The number of aromatic nitrogens is 1. The molecule has 0 saturated heterocycles. The van der Waals surface area contributed by atoms with Crippen molar-refractivity contribution in [1.29, 1.82) is 0 Å². The second-order valence-corrected chi connectivity index (χ2v) is 7.28. The molecular formula is C22H30N2O2. The molecule has 140 valence electrons. The van der Waals surface area contributed by atoms with E-state index in [0.717, 1.165) is 41.4 Å². The average molecular weight is 354 g/mol. The third kappa shape index (κ3) is 4.19. The van der Waals surface area contributed by atoms with E-state index in [2.05, 4.69) is 61.4 Å². The summed E-state index contributed by atoms with van der Waals surface area (Å²) in [4.78, 5) is 3.47. The first-order valence-corrected chi connectivity index (χ1v) is 9.66. The van der Waals surface area contributed by atoms with Gasteiger partial charge in [-0.25, -0.2) is 0 Å². The van der Waals surface area contributed by atoms with Crippen LogP contribution in [0.25, 0.3) is 21.8 Å². The minimum Gasteiger partial charge on any atom is -0.490 e. The predicted molar refractivity (Wildman–Crippen MR) is 109 cm³/mol. The molecule has 0 radical (unpaired) electrons. The number of ether oxygens (including phenoxy) is 1. The summed E-state index contributed by atoms with van der Waals surface area (Å²) in [5, 5.41) is 15.8. The highest BCUT2D eigenvalue weighted by Gasteiger charge is 2.16. The normalized spacial score (nSPS) is 13.0. The Hall–Kier alpha value is -2.04. The lowest BCUT2D eigenvalue weighted by atomic mass is 10.0. The van der Waals surface area contributed by atoms with Gasteiger partial charge in [-0.2, -0.15) is 0 Å². The Morgan fingerprint density at radius 3 is 2.69 bits per heavy atom. The van der Waals surface area contributed by atoms with Gasteiger partial charge in [0.1, 0.15) is 18.5 Å². The van der Waals surface area contributed by atoms with Gasteiger partial charge in [-0.3, -0.25) is 0 Å². The van der Waals surface area contributed by atoms with E-state index in [-0.39, 0.29) is 6.61 Å². The Morgan fingerprint density at radius 2 is 1.92 bits per heavy atom. The van der Waals surface area contributed by atoms with Gasteiger partial charge in [-0.05, 0) is 30.5 Å². The summed E-state index contributed by atoms with van der Waals surface area (Å²) in [5.74, 6) is 0.914. The van der Waals surface area contributed by atoms with E-state index in [1.165, 1.54) is 10.9 Å². The Bertz CT molecular complexity index is 854. The van der Waals surface area contributed by atoms with Crippen LogP contribution in [0.2, 0.25) is 0 Å². The lowest BCUT2D eigenvalue weighted by Crippen LogP contribution is -2.35. The summed E-state index contributed by atoms with van der Waals surface area (Å²) in [7, 11) is 0. The van der Waals surface area contributed by atoms with E-state index in [9.17, 15) is 5.11 Å². The van der Waals surface area contributed by atoms with Crippen molar-refractivity contribution in [1.82, 2.24) is 10.3 Å². The summed E-state index contributed by atoms with van der Waals surface area (Å²) < 4.78 is 6.20. The standard InChI is InChI=1S/C22H30N2O2/c1-4-5-8-16-11-12-20-21(18-9-6-7-10-19(18)24-20)22(16)26-14-17(25)13-23-15(2)3/h6-7,9-12,15,17,23-25H,4-5,8,13-14H2,1-3H3. The smallest absolute Gasteiger partial charge is 0.132 e.